The fourth-order valence-electron chi connectivity index (χ4n) is 4.77. The van der Waals surface area contributed by atoms with Crippen molar-refractivity contribution >= 4 is 52.9 Å². The van der Waals surface area contributed by atoms with E-state index < -0.39 is 23.0 Å². The van der Waals surface area contributed by atoms with Gasteiger partial charge in [-0.1, -0.05) is 60.7 Å². The molecular formula is C40H35N3O6S. The second-order valence-electron chi connectivity index (χ2n) is 10.8. The molecule has 9 nitrogen and oxygen atoms in total. The molecule has 5 rings (SSSR count). The fourth-order valence-corrected chi connectivity index (χ4v) is 5.80. The highest BCUT2D eigenvalue weighted by Crippen LogP contribution is 2.37. The lowest BCUT2D eigenvalue weighted by molar-refractivity contribution is -0.116. The highest BCUT2D eigenvalue weighted by molar-refractivity contribution is 8.00. The molecule has 0 aliphatic carbocycles. The Kier molecular flexibility index (Phi) is 12.2. The monoisotopic (exact) mass is 685 g/mol. The molecule has 10 heteroatoms. The minimum absolute atomic E-state index is 0.0542. The van der Waals surface area contributed by atoms with Crippen LogP contribution in [-0.4, -0.2) is 37.4 Å². The largest absolute Gasteiger partial charge is 0.497 e. The van der Waals surface area contributed by atoms with Gasteiger partial charge < -0.3 is 25.4 Å². The Morgan fingerprint density at radius 2 is 1.30 bits per heavy atom. The Morgan fingerprint density at radius 3 is 1.92 bits per heavy atom. The minimum Gasteiger partial charge on any atom is -0.497 e. The topological polar surface area (TPSA) is 123 Å². The summed E-state index contributed by atoms with van der Waals surface area (Å²) in [5.74, 6) is -0.946. The number of esters is 1. The van der Waals surface area contributed by atoms with Gasteiger partial charge in [-0.05, 0) is 96.9 Å². The number of anilines is 2. The van der Waals surface area contributed by atoms with Crippen molar-refractivity contribution in [3.8, 4) is 5.75 Å². The van der Waals surface area contributed by atoms with E-state index in [-0.39, 0.29) is 18.2 Å². The van der Waals surface area contributed by atoms with Gasteiger partial charge in [-0.2, -0.15) is 0 Å². The second-order valence-corrected chi connectivity index (χ2v) is 12.0. The van der Waals surface area contributed by atoms with Crippen molar-refractivity contribution in [2.24, 2.45) is 0 Å². The molecular weight excluding hydrogens is 651 g/mol. The van der Waals surface area contributed by atoms with E-state index in [9.17, 15) is 19.2 Å². The van der Waals surface area contributed by atoms with Crippen LogP contribution in [0.3, 0.4) is 0 Å². The number of hydrogen-bond acceptors (Lipinski definition) is 7. The molecule has 0 fully saturated rings. The smallest absolute Gasteiger partial charge is 0.338 e. The van der Waals surface area contributed by atoms with E-state index in [0.29, 0.717) is 33.8 Å². The number of carbonyl (C=O) groups is 4. The Hall–Kier alpha value is -6.13. The maximum Gasteiger partial charge on any atom is 0.338 e. The van der Waals surface area contributed by atoms with E-state index in [4.69, 9.17) is 9.47 Å². The standard InChI is InChI=1S/C40H35N3O6S/c1-3-49-40(47)30-16-18-31(19-17-30)42-39(46)36(28-10-6-4-7-11-28)50-34-24-20-32(21-25-34)41-38(45)35(26-27-14-22-33(48-2)23-15-27)43-37(44)29-12-8-5-9-13-29/h4-26,36H,3H2,1-2H3,(H,41,45)(H,42,46)(H,43,44)/b35-26-. The number of benzene rings is 5. The van der Waals surface area contributed by atoms with Crippen molar-refractivity contribution < 1.29 is 28.7 Å². The van der Waals surface area contributed by atoms with Crippen LogP contribution in [-0.2, 0) is 14.3 Å². The number of thioether (sulfide) groups is 1. The molecule has 0 saturated carbocycles. The van der Waals surface area contributed by atoms with Gasteiger partial charge in [-0.25, -0.2) is 4.79 Å². The number of methoxy groups -OCH3 is 1. The van der Waals surface area contributed by atoms with Crippen LogP contribution >= 0.6 is 11.8 Å². The van der Waals surface area contributed by atoms with Gasteiger partial charge in [0.15, 0.2) is 0 Å². The lowest BCUT2D eigenvalue weighted by atomic mass is 10.1. The molecule has 252 valence electrons. The lowest BCUT2D eigenvalue weighted by Crippen LogP contribution is -2.30. The Labute approximate surface area is 294 Å². The third kappa shape index (κ3) is 9.71. The van der Waals surface area contributed by atoms with Crippen LogP contribution in [0.2, 0.25) is 0 Å². The van der Waals surface area contributed by atoms with Gasteiger partial charge in [-0.15, -0.1) is 11.8 Å². The first-order valence-electron chi connectivity index (χ1n) is 15.8. The second kappa shape index (κ2) is 17.3. The molecule has 50 heavy (non-hydrogen) atoms. The first-order valence-corrected chi connectivity index (χ1v) is 16.6. The van der Waals surface area contributed by atoms with Crippen molar-refractivity contribution in [1.29, 1.82) is 0 Å². The summed E-state index contributed by atoms with van der Waals surface area (Å²) in [5.41, 5.74) is 3.39. The van der Waals surface area contributed by atoms with Gasteiger partial charge in [0.1, 0.15) is 16.7 Å². The zero-order chi connectivity index (χ0) is 35.3. The summed E-state index contributed by atoms with van der Waals surface area (Å²) < 4.78 is 10.3. The van der Waals surface area contributed by atoms with E-state index >= 15 is 0 Å². The molecule has 3 N–H and O–H groups in total. The van der Waals surface area contributed by atoms with Crippen LogP contribution in [0, 0.1) is 0 Å². The minimum atomic E-state index is -0.603. The molecule has 5 aromatic carbocycles. The molecule has 0 aliphatic rings. The van der Waals surface area contributed by atoms with E-state index in [1.54, 1.807) is 111 Å². The van der Waals surface area contributed by atoms with Gasteiger partial charge in [0.05, 0.1) is 19.3 Å². The maximum absolute atomic E-state index is 13.6. The number of rotatable bonds is 13. The van der Waals surface area contributed by atoms with Crippen molar-refractivity contribution in [2.75, 3.05) is 24.4 Å². The number of hydrogen-bond donors (Lipinski definition) is 3. The zero-order valence-corrected chi connectivity index (χ0v) is 28.2. The van der Waals surface area contributed by atoms with Crippen LogP contribution in [0.15, 0.2) is 144 Å². The Morgan fingerprint density at radius 1 is 0.700 bits per heavy atom. The summed E-state index contributed by atoms with van der Waals surface area (Å²) in [6.45, 7) is 2.02. The van der Waals surface area contributed by atoms with Crippen LogP contribution in [0.5, 0.6) is 5.75 Å². The summed E-state index contributed by atoms with van der Waals surface area (Å²) in [6, 6.07) is 38.8. The molecule has 0 saturated heterocycles. The first-order chi connectivity index (χ1) is 24.3. The highest BCUT2D eigenvalue weighted by Gasteiger charge is 2.23. The fraction of sp³-hybridized carbons (Fsp3) is 0.100. The third-order valence-electron chi connectivity index (χ3n) is 7.33. The quantitative estimate of drug-likeness (QED) is 0.0658. The van der Waals surface area contributed by atoms with Gasteiger partial charge in [0.2, 0.25) is 5.91 Å². The van der Waals surface area contributed by atoms with E-state index in [1.165, 1.54) is 11.8 Å². The molecule has 1 unspecified atom stereocenters. The van der Waals surface area contributed by atoms with Gasteiger partial charge in [0.25, 0.3) is 11.8 Å². The number of carbonyl (C=O) groups excluding carboxylic acids is 4. The molecule has 0 bridgehead atoms. The van der Waals surface area contributed by atoms with E-state index in [2.05, 4.69) is 16.0 Å². The lowest BCUT2D eigenvalue weighted by Gasteiger charge is -2.18. The number of amides is 3. The molecule has 0 aliphatic heterocycles. The van der Waals surface area contributed by atoms with Crippen molar-refractivity contribution in [3.63, 3.8) is 0 Å². The van der Waals surface area contributed by atoms with Crippen molar-refractivity contribution in [1.82, 2.24) is 5.32 Å². The molecule has 0 radical (unpaired) electrons. The predicted molar refractivity (Wildman–Crippen MR) is 196 cm³/mol. The van der Waals surface area contributed by atoms with Crippen molar-refractivity contribution in [2.45, 2.75) is 17.1 Å². The molecule has 5 aromatic rings. The summed E-state index contributed by atoms with van der Waals surface area (Å²) in [6.07, 6.45) is 1.59. The van der Waals surface area contributed by atoms with Crippen LogP contribution < -0.4 is 20.7 Å². The summed E-state index contributed by atoms with van der Waals surface area (Å²) >= 11 is 1.35. The van der Waals surface area contributed by atoms with Gasteiger partial charge >= 0.3 is 5.97 Å². The zero-order valence-electron chi connectivity index (χ0n) is 27.4. The molecule has 0 spiro atoms. The number of ether oxygens (including phenoxy) is 2. The summed E-state index contributed by atoms with van der Waals surface area (Å²) in [5, 5.41) is 7.94. The highest BCUT2D eigenvalue weighted by atomic mass is 32.2. The van der Waals surface area contributed by atoms with Gasteiger partial charge in [0, 0.05) is 21.8 Å². The molecule has 0 aromatic heterocycles. The average molecular weight is 686 g/mol. The van der Waals surface area contributed by atoms with Crippen LogP contribution in [0.25, 0.3) is 6.08 Å². The van der Waals surface area contributed by atoms with Crippen LogP contribution in [0.1, 0.15) is 44.0 Å². The summed E-state index contributed by atoms with van der Waals surface area (Å²) in [7, 11) is 1.57. The van der Waals surface area contributed by atoms with Gasteiger partial charge in [-0.3, -0.25) is 14.4 Å². The normalized spacial score (nSPS) is 11.5. The maximum atomic E-state index is 13.6. The Balaban J connectivity index is 1.30. The van der Waals surface area contributed by atoms with E-state index in [1.807, 2.05) is 42.5 Å². The Bertz CT molecular complexity index is 1950. The summed E-state index contributed by atoms with van der Waals surface area (Å²) in [4.78, 5) is 52.9. The third-order valence-corrected chi connectivity index (χ3v) is 8.59. The molecule has 0 heterocycles. The van der Waals surface area contributed by atoms with E-state index in [0.717, 1.165) is 10.5 Å². The average Bonchev–Trinajstić information content (AvgIpc) is 3.15. The predicted octanol–water partition coefficient (Wildman–Crippen LogP) is 7.75. The van der Waals surface area contributed by atoms with Crippen molar-refractivity contribution in [3.05, 3.63) is 161 Å². The number of nitrogens with one attached hydrogen (secondary N) is 3. The molecule has 1 atom stereocenters. The molecule has 3 amide bonds. The van der Waals surface area contributed by atoms with Crippen LogP contribution in [0.4, 0.5) is 11.4 Å². The first kappa shape index (κ1) is 35.2. The SMILES string of the molecule is CCOC(=O)c1ccc(NC(=O)C(Sc2ccc(NC(=O)/C(=C/c3ccc(OC)cc3)NC(=O)c3ccccc3)cc2)c2ccccc2)cc1.